The van der Waals surface area contributed by atoms with Gasteiger partial charge in [0.05, 0.1) is 40.7 Å². The minimum absolute atomic E-state index is 0.0490. The first kappa shape index (κ1) is 36.8. The molecule has 9 rings (SSSR count). The number of H-pyrrole nitrogens is 2. The average molecular weight is 788 g/mol. The number of nitrogens with one attached hydrogen (secondary N) is 3. The third kappa shape index (κ3) is 7.41. The lowest BCUT2D eigenvalue weighted by molar-refractivity contribution is -0.134. The minimum atomic E-state index is -1.25. The van der Waals surface area contributed by atoms with Crippen molar-refractivity contribution in [3.63, 3.8) is 0 Å². The number of carboxylic acid groups (broad SMARTS) is 1. The Morgan fingerprint density at radius 3 is 1.72 bits per heavy atom. The monoisotopic (exact) mass is 787 g/mol. The Labute approximate surface area is 339 Å². The van der Waals surface area contributed by atoms with E-state index in [4.69, 9.17) is 4.98 Å². The number of aromatic amines is 2. The lowest BCUT2D eigenvalue weighted by atomic mass is 10.0. The highest BCUT2D eigenvalue weighted by molar-refractivity contribution is 7.17. The minimum Gasteiger partial charge on any atom is -0.465 e. The molecule has 2 aliphatic heterocycles. The second-order valence-corrected chi connectivity index (χ2v) is 15.8. The summed E-state index contributed by atoms with van der Waals surface area (Å²) in [5.74, 6) is 1.24. The van der Waals surface area contributed by atoms with Gasteiger partial charge in [0, 0.05) is 18.0 Å². The van der Waals surface area contributed by atoms with E-state index < -0.39 is 12.1 Å². The number of carbonyl (C=O) groups is 3. The highest BCUT2D eigenvalue weighted by Crippen LogP contribution is 2.37. The van der Waals surface area contributed by atoms with E-state index in [2.05, 4.69) is 80.9 Å². The Morgan fingerprint density at radius 1 is 0.638 bits per heavy atom. The summed E-state index contributed by atoms with van der Waals surface area (Å²) < 4.78 is 0. The molecule has 0 radical (unpaired) electrons. The molecular formula is C46H41N7O4S. The summed E-state index contributed by atoms with van der Waals surface area (Å²) in [7, 11) is 0. The molecule has 11 nitrogen and oxygen atoms in total. The van der Waals surface area contributed by atoms with Gasteiger partial charge >= 0.3 is 6.09 Å². The van der Waals surface area contributed by atoms with Gasteiger partial charge in [0.1, 0.15) is 17.7 Å². The number of likely N-dealkylation sites (tertiary alicyclic amines) is 2. The Balaban J connectivity index is 0.852. The molecular weight excluding hydrogens is 747 g/mol. The number of nitrogens with zero attached hydrogens (tertiary/aromatic N) is 4. The Bertz CT molecular complexity index is 2550. The van der Waals surface area contributed by atoms with Gasteiger partial charge in [0.25, 0.3) is 11.8 Å². The smallest absolute Gasteiger partial charge is 0.405 e. The number of hydrogen-bond donors (Lipinski definition) is 4. The van der Waals surface area contributed by atoms with E-state index in [1.165, 1.54) is 11.3 Å². The molecule has 0 bridgehead atoms. The molecule has 12 heteroatoms. The fourth-order valence-electron chi connectivity index (χ4n) is 8.17. The molecule has 4 N–H and O–H groups in total. The van der Waals surface area contributed by atoms with Crippen LogP contribution in [0.1, 0.15) is 70.7 Å². The van der Waals surface area contributed by atoms with Crippen LogP contribution in [0, 0.1) is 0 Å². The van der Waals surface area contributed by atoms with Gasteiger partial charge in [-0.05, 0) is 71.2 Å². The molecule has 4 aromatic carbocycles. The van der Waals surface area contributed by atoms with Crippen molar-refractivity contribution < 1.29 is 19.5 Å². The first-order valence-corrected chi connectivity index (χ1v) is 20.3. The van der Waals surface area contributed by atoms with E-state index in [1.807, 2.05) is 47.5 Å². The van der Waals surface area contributed by atoms with Crippen molar-refractivity contribution >= 4 is 29.2 Å². The van der Waals surface area contributed by atoms with Crippen LogP contribution >= 0.6 is 11.3 Å². The Hall–Kier alpha value is -6.79. The molecule has 0 aliphatic carbocycles. The molecule has 2 fully saturated rings. The van der Waals surface area contributed by atoms with Gasteiger partial charge < -0.3 is 30.2 Å². The van der Waals surface area contributed by atoms with Crippen molar-refractivity contribution in [3.05, 3.63) is 156 Å². The quantitative estimate of drug-likeness (QED) is 0.109. The number of aromatic nitrogens is 4. The van der Waals surface area contributed by atoms with Crippen LogP contribution in [0.3, 0.4) is 0 Å². The van der Waals surface area contributed by atoms with Crippen LogP contribution in [0.2, 0.25) is 0 Å². The SMILES string of the molecule is O=C(O)N[C@@H](C(=O)N1CCC[C@H]1c1ncc(-c2ccc(-c3ccc(-c4cnc([C@@H]5CCCN5C(=O)c5ccc(-c6ccccc6)s5)[nH]4)cc3)cc2)[nH]1)c1ccccc1. The lowest BCUT2D eigenvalue weighted by Gasteiger charge is -2.28. The fourth-order valence-corrected chi connectivity index (χ4v) is 9.14. The highest BCUT2D eigenvalue weighted by Gasteiger charge is 2.37. The van der Waals surface area contributed by atoms with Crippen LogP contribution in [0.25, 0.3) is 44.1 Å². The van der Waals surface area contributed by atoms with Crippen molar-refractivity contribution in [3.8, 4) is 44.1 Å². The van der Waals surface area contributed by atoms with Crippen LogP contribution in [-0.4, -0.2) is 65.8 Å². The molecule has 7 aromatic rings. The van der Waals surface area contributed by atoms with Crippen molar-refractivity contribution in [2.24, 2.45) is 0 Å². The fraction of sp³-hybridized carbons (Fsp3) is 0.196. The van der Waals surface area contributed by atoms with Crippen molar-refractivity contribution in [2.75, 3.05) is 13.1 Å². The number of benzene rings is 4. The molecule has 3 atom stereocenters. The second-order valence-electron chi connectivity index (χ2n) is 14.7. The normalized spacial score (nSPS) is 17.0. The number of hydrogen-bond acceptors (Lipinski definition) is 6. The molecule has 2 aliphatic rings. The average Bonchev–Trinajstić information content (AvgIpc) is 4.13. The van der Waals surface area contributed by atoms with Crippen LogP contribution in [-0.2, 0) is 4.79 Å². The topological polar surface area (TPSA) is 147 Å². The van der Waals surface area contributed by atoms with Crippen LogP contribution in [0.15, 0.2) is 134 Å². The number of imidazole rings is 2. The van der Waals surface area contributed by atoms with Gasteiger partial charge in [0.15, 0.2) is 0 Å². The maximum atomic E-state index is 13.7. The van der Waals surface area contributed by atoms with Crippen LogP contribution in [0.5, 0.6) is 0 Å². The summed E-state index contributed by atoms with van der Waals surface area (Å²) in [6.07, 6.45) is 5.71. The summed E-state index contributed by atoms with van der Waals surface area (Å²) in [6, 6.07) is 38.3. The second kappa shape index (κ2) is 16.0. The number of thiophene rings is 1. The van der Waals surface area contributed by atoms with Gasteiger partial charge in [-0.3, -0.25) is 9.59 Å². The maximum Gasteiger partial charge on any atom is 0.405 e. The van der Waals surface area contributed by atoms with E-state index in [9.17, 15) is 19.5 Å². The summed E-state index contributed by atoms with van der Waals surface area (Å²) >= 11 is 1.53. The number of carbonyl (C=O) groups excluding carboxylic acids is 2. The molecule has 58 heavy (non-hydrogen) atoms. The summed E-state index contributed by atoms with van der Waals surface area (Å²) in [5.41, 5.74) is 7.57. The standard InChI is InChI=1S/C46H41N7O4S/c54-44(40-24-23-39(58-40)33-9-3-1-4-10-33)52-25-7-13-37(52)42-47-27-35(49-42)31-19-15-29(16-20-31)30-17-21-32(22-18-30)36-28-48-43(50-36)38-14-8-26-53(38)45(55)41(51-46(56)57)34-11-5-2-6-12-34/h1-6,9-12,15-24,27-28,37-38,41,51H,7-8,13-14,25-26H2,(H,47,49)(H,48,50)(H,56,57)/t37-,38-,41+/m0/s1. The summed E-state index contributed by atoms with van der Waals surface area (Å²) in [5, 5.41) is 11.9. The molecule has 3 amide bonds. The van der Waals surface area contributed by atoms with E-state index >= 15 is 0 Å². The molecule has 2 saturated heterocycles. The first-order chi connectivity index (χ1) is 28.4. The van der Waals surface area contributed by atoms with E-state index in [1.54, 1.807) is 35.4 Å². The van der Waals surface area contributed by atoms with Crippen LogP contribution in [0.4, 0.5) is 4.79 Å². The summed E-state index contributed by atoms with van der Waals surface area (Å²) in [4.78, 5) is 60.9. The number of amides is 3. The number of rotatable bonds is 10. The zero-order valence-electron chi connectivity index (χ0n) is 31.5. The first-order valence-electron chi connectivity index (χ1n) is 19.5. The third-order valence-electron chi connectivity index (χ3n) is 11.1. The third-order valence-corrected chi connectivity index (χ3v) is 12.2. The largest absolute Gasteiger partial charge is 0.465 e. The molecule has 3 aromatic heterocycles. The Morgan fingerprint density at radius 2 is 1.16 bits per heavy atom. The zero-order valence-corrected chi connectivity index (χ0v) is 32.4. The van der Waals surface area contributed by atoms with E-state index in [-0.39, 0.29) is 23.9 Å². The van der Waals surface area contributed by atoms with Crippen LogP contribution < -0.4 is 5.32 Å². The Kier molecular flexibility index (Phi) is 10.2. The van der Waals surface area contributed by atoms with Crippen molar-refractivity contribution in [1.82, 2.24) is 35.1 Å². The van der Waals surface area contributed by atoms with Gasteiger partial charge in [-0.1, -0.05) is 109 Å². The predicted molar refractivity (Wildman–Crippen MR) is 224 cm³/mol. The predicted octanol–water partition coefficient (Wildman–Crippen LogP) is 9.51. The zero-order chi connectivity index (χ0) is 39.6. The van der Waals surface area contributed by atoms with Gasteiger partial charge in [-0.2, -0.15) is 0 Å². The molecule has 5 heterocycles. The van der Waals surface area contributed by atoms with E-state index in [0.29, 0.717) is 24.5 Å². The van der Waals surface area contributed by atoms with Crippen molar-refractivity contribution in [1.29, 1.82) is 0 Å². The molecule has 290 valence electrons. The molecule has 0 saturated carbocycles. The van der Waals surface area contributed by atoms with Gasteiger partial charge in [0.2, 0.25) is 0 Å². The van der Waals surface area contributed by atoms with Gasteiger partial charge in [-0.15, -0.1) is 11.3 Å². The maximum absolute atomic E-state index is 13.7. The van der Waals surface area contributed by atoms with E-state index in [0.717, 1.165) is 80.5 Å². The molecule has 0 spiro atoms. The lowest BCUT2D eigenvalue weighted by Crippen LogP contribution is -2.42. The highest BCUT2D eigenvalue weighted by atomic mass is 32.1. The summed E-state index contributed by atoms with van der Waals surface area (Å²) in [6.45, 7) is 1.22. The molecule has 0 unspecified atom stereocenters. The van der Waals surface area contributed by atoms with Crippen molar-refractivity contribution in [2.45, 2.75) is 43.8 Å². The van der Waals surface area contributed by atoms with Gasteiger partial charge in [-0.25, -0.2) is 14.8 Å².